The summed E-state index contributed by atoms with van der Waals surface area (Å²) in [5.41, 5.74) is 3.39. The molecule has 4 aliphatic rings. The Morgan fingerprint density at radius 3 is 2.21 bits per heavy atom. The second-order valence-corrected chi connectivity index (χ2v) is 17.2. The Morgan fingerprint density at radius 1 is 0.938 bits per heavy atom. The van der Waals surface area contributed by atoms with Crippen LogP contribution in [-0.4, -0.2) is 90.9 Å². The molecule has 3 atom stereocenters. The number of hydrogen-bond donors (Lipinski definition) is 2. The highest BCUT2D eigenvalue weighted by atomic mass is 32.2. The fraction of sp³-hybridized carbons (Fsp3) is 0.500. The van der Waals surface area contributed by atoms with Gasteiger partial charge in [-0.2, -0.15) is 0 Å². The van der Waals surface area contributed by atoms with Crippen molar-refractivity contribution in [2.75, 3.05) is 37.7 Å². The number of carbonyl (C=O) groups is 3. The Bertz CT molecular complexity index is 1760. The zero-order valence-corrected chi connectivity index (χ0v) is 29.2. The molecule has 0 bridgehead atoms. The number of benzene rings is 2. The smallest absolute Gasteiger partial charge is 0.335 e. The molecule has 1 aliphatic carbocycles. The van der Waals surface area contributed by atoms with E-state index in [1.54, 1.807) is 19.1 Å². The van der Waals surface area contributed by atoms with Gasteiger partial charge in [0.1, 0.15) is 0 Å². The molecule has 9 nitrogen and oxygen atoms in total. The molecular formula is C38H47N3O6S. The molecular weight excluding hydrogens is 627 g/mol. The Kier molecular flexibility index (Phi) is 8.96. The van der Waals surface area contributed by atoms with Gasteiger partial charge in [-0.1, -0.05) is 81.0 Å². The number of allylic oxidation sites excluding steroid dienone is 2. The van der Waals surface area contributed by atoms with Crippen molar-refractivity contribution in [2.45, 2.75) is 70.9 Å². The van der Waals surface area contributed by atoms with Crippen LogP contribution in [0.3, 0.4) is 0 Å². The first kappa shape index (κ1) is 34.1. The fourth-order valence-electron chi connectivity index (χ4n) is 8.78. The van der Waals surface area contributed by atoms with E-state index in [-0.39, 0.29) is 45.8 Å². The third-order valence-corrected chi connectivity index (χ3v) is 13.1. The van der Waals surface area contributed by atoms with E-state index in [0.717, 1.165) is 17.5 Å². The van der Waals surface area contributed by atoms with Crippen molar-refractivity contribution in [3.8, 4) is 0 Å². The molecule has 6 rings (SSSR count). The lowest BCUT2D eigenvalue weighted by molar-refractivity contribution is -0.144. The molecule has 2 aromatic rings. The van der Waals surface area contributed by atoms with E-state index in [0.29, 0.717) is 45.4 Å². The fourth-order valence-corrected chi connectivity index (χ4v) is 10.5. The summed E-state index contributed by atoms with van der Waals surface area (Å²) in [5, 5.41) is 12.6. The zero-order valence-electron chi connectivity index (χ0n) is 28.4. The van der Waals surface area contributed by atoms with Crippen molar-refractivity contribution in [3.05, 3.63) is 89.0 Å². The number of piperidine rings is 1. The number of likely N-dealkylation sites (tertiary alicyclic amines) is 1. The van der Waals surface area contributed by atoms with E-state index >= 15 is 0 Å². The van der Waals surface area contributed by atoms with Gasteiger partial charge in [-0.25, -0.2) is 13.2 Å². The molecule has 3 heterocycles. The summed E-state index contributed by atoms with van der Waals surface area (Å²) >= 11 is 0. The van der Waals surface area contributed by atoms with Crippen LogP contribution in [0.15, 0.2) is 72.3 Å². The van der Waals surface area contributed by atoms with Gasteiger partial charge >= 0.3 is 5.97 Å². The first-order chi connectivity index (χ1) is 22.7. The molecule has 2 N–H and O–H groups in total. The first-order valence-corrected chi connectivity index (χ1v) is 18.8. The standard InChI is InChI=1S/C38H47N3O6S/c1-26(39-30-16-23-48(46,47)24-30)33(42)40-21-18-38(19-22-40,29-8-6-5-7-9-29)35(45)41-20-15-32-36(2,3)31(14-17-37(32,4)25-41)27-10-12-28(13-11-27)34(43)44/h5-15,26,30,39H,16-25H2,1-4H3,(H,43,44)/t26?,30?,37-/m1/s1. The van der Waals surface area contributed by atoms with Crippen molar-refractivity contribution in [2.24, 2.45) is 10.8 Å². The minimum Gasteiger partial charge on any atom is -0.478 e. The van der Waals surface area contributed by atoms with Crippen LogP contribution in [0.25, 0.3) is 5.57 Å². The van der Waals surface area contributed by atoms with E-state index in [1.807, 2.05) is 52.3 Å². The number of carboxylic acid groups (broad SMARTS) is 1. The van der Waals surface area contributed by atoms with Crippen LogP contribution in [0.1, 0.15) is 74.9 Å². The topological polar surface area (TPSA) is 124 Å². The monoisotopic (exact) mass is 673 g/mol. The molecule has 3 aliphatic heterocycles. The summed E-state index contributed by atoms with van der Waals surface area (Å²) < 4.78 is 23.9. The van der Waals surface area contributed by atoms with Crippen LogP contribution in [0.2, 0.25) is 0 Å². The molecule has 2 saturated heterocycles. The number of rotatable bonds is 7. The number of nitrogens with zero attached hydrogens (tertiary/aromatic N) is 2. The van der Waals surface area contributed by atoms with E-state index in [9.17, 15) is 27.9 Å². The van der Waals surface area contributed by atoms with Gasteiger partial charge < -0.3 is 20.2 Å². The molecule has 48 heavy (non-hydrogen) atoms. The summed E-state index contributed by atoms with van der Waals surface area (Å²) in [7, 11) is -3.05. The number of sulfone groups is 1. The van der Waals surface area contributed by atoms with Crippen molar-refractivity contribution in [3.63, 3.8) is 0 Å². The van der Waals surface area contributed by atoms with Crippen molar-refractivity contribution in [1.29, 1.82) is 0 Å². The summed E-state index contributed by atoms with van der Waals surface area (Å²) in [6.07, 6.45) is 6.79. The van der Waals surface area contributed by atoms with Gasteiger partial charge in [-0.3, -0.25) is 9.59 Å². The van der Waals surface area contributed by atoms with Crippen LogP contribution in [-0.2, 0) is 24.8 Å². The van der Waals surface area contributed by atoms with Gasteiger partial charge in [-0.15, -0.1) is 0 Å². The van der Waals surface area contributed by atoms with Crippen molar-refractivity contribution >= 4 is 33.2 Å². The Labute approximate surface area is 284 Å². The maximum Gasteiger partial charge on any atom is 0.335 e. The number of amides is 2. The maximum atomic E-state index is 14.8. The third-order valence-electron chi connectivity index (χ3n) is 11.3. The number of fused-ring (bicyclic) bond motifs is 1. The second kappa shape index (κ2) is 12.6. The van der Waals surface area contributed by atoms with Crippen LogP contribution in [0, 0.1) is 10.8 Å². The molecule has 0 aromatic heterocycles. The summed E-state index contributed by atoms with van der Waals surface area (Å²) in [5.74, 6) is -0.690. The number of hydrogen-bond acceptors (Lipinski definition) is 6. The lowest BCUT2D eigenvalue weighted by Gasteiger charge is -2.52. The molecule has 0 saturated carbocycles. The van der Waals surface area contributed by atoms with E-state index in [2.05, 4.69) is 38.2 Å². The SMILES string of the molecule is CC(NC1CCS(=O)(=O)C1)C(=O)N1CCC(C(=O)N2CC=C3C(C)(C)C(c4ccc(C(=O)O)cc4)=CC[C@]3(C)C2)(c2ccccc2)CC1. The lowest BCUT2D eigenvalue weighted by atomic mass is 9.58. The van der Waals surface area contributed by atoms with Gasteiger partial charge in [0, 0.05) is 43.1 Å². The predicted octanol–water partition coefficient (Wildman–Crippen LogP) is 4.70. The summed E-state index contributed by atoms with van der Waals surface area (Å²) in [4.78, 5) is 43.5. The van der Waals surface area contributed by atoms with Gasteiger partial charge in [-0.05, 0) is 61.4 Å². The maximum absolute atomic E-state index is 14.8. The number of nitrogens with one attached hydrogen (secondary N) is 1. The average Bonchev–Trinajstić information content (AvgIpc) is 3.41. The number of carboxylic acids is 1. The summed E-state index contributed by atoms with van der Waals surface area (Å²) in [6.45, 7) is 10.4. The van der Waals surface area contributed by atoms with Crippen LogP contribution in [0.4, 0.5) is 0 Å². The van der Waals surface area contributed by atoms with Crippen LogP contribution < -0.4 is 5.32 Å². The number of carbonyl (C=O) groups excluding carboxylic acids is 2. The molecule has 0 radical (unpaired) electrons. The van der Waals surface area contributed by atoms with Gasteiger partial charge in [0.25, 0.3) is 0 Å². The molecule has 10 heteroatoms. The van der Waals surface area contributed by atoms with Crippen molar-refractivity contribution < 1.29 is 27.9 Å². The normalized spacial score (nSPS) is 26.5. The van der Waals surface area contributed by atoms with Crippen LogP contribution in [0.5, 0.6) is 0 Å². The van der Waals surface area contributed by atoms with E-state index < -0.39 is 27.3 Å². The molecule has 2 amide bonds. The first-order valence-electron chi connectivity index (χ1n) is 17.0. The zero-order chi connectivity index (χ0) is 34.5. The highest BCUT2D eigenvalue weighted by molar-refractivity contribution is 7.91. The Morgan fingerprint density at radius 2 is 1.60 bits per heavy atom. The van der Waals surface area contributed by atoms with Gasteiger partial charge in [0.15, 0.2) is 9.84 Å². The van der Waals surface area contributed by atoms with Crippen molar-refractivity contribution in [1.82, 2.24) is 15.1 Å². The molecule has 0 spiro atoms. The predicted molar refractivity (Wildman–Crippen MR) is 186 cm³/mol. The highest BCUT2D eigenvalue weighted by Gasteiger charge is 2.51. The molecule has 2 fully saturated rings. The van der Waals surface area contributed by atoms with Gasteiger partial charge in [0.05, 0.1) is 28.5 Å². The average molecular weight is 674 g/mol. The van der Waals surface area contributed by atoms with Crippen LogP contribution >= 0.6 is 0 Å². The molecule has 2 aromatic carbocycles. The highest BCUT2D eigenvalue weighted by Crippen LogP contribution is 2.55. The van der Waals surface area contributed by atoms with E-state index in [4.69, 9.17) is 0 Å². The van der Waals surface area contributed by atoms with Gasteiger partial charge in [0.2, 0.25) is 11.8 Å². The third kappa shape index (κ3) is 6.25. The molecule has 2 unspecified atom stereocenters. The second-order valence-electron chi connectivity index (χ2n) is 15.0. The quantitative estimate of drug-likeness (QED) is 0.409. The minimum absolute atomic E-state index is 0.0592. The lowest BCUT2D eigenvalue weighted by Crippen LogP contribution is -2.58. The largest absolute Gasteiger partial charge is 0.478 e. The van der Waals surface area contributed by atoms with E-state index in [1.165, 1.54) is 11.1 Å². The summed E-state index contributed by atoms with van der Waals surface area (Å²) in [6, 6.07) is 16.3. The Balaban J connectivity index is 1.20. The minimum atomic E-state index is -3.05. The number of aromatic carboxylic acids is 1. The molecule has 256 valence electrons. The Hall–Kier alpha value is -3.76.